The quantitative estimate of drug-likeness (QED) is 0.816. The lowest BCUT2D eigenvalue weighted by molar-refractivity contribution is -0.115. The molecule has 1 amide bonds. The number of carbonyl (C=O) groups excluding carboxylic acids is 1. The predicted octanol–water partition coefficient (Wildman–Crippen LogP) is 3.40. The molecule has 3 heteroatoms. The predicted molar refractivity (Wildman–Crippen MR) is 83.6 cm³/mol. The second-order valence-corrected chi connectivity index (χ2v) is 4.91. The SMILES string of the molecule is CCCc1ccc(NC(=O)Cc2ccc(N)cc2)cc1. The number of rotatable bonds is 5. The zero-order valence-corrected chi connectivity index (χ0v) is 11.7. The summed E-state index contributed by atoms with van der Waals surface area (Å²) >= 11 is 0. The van der Waals surface area contributed by atoms with Crippen molar-refractivity contribution in [2.75, 3.05) is 11.1 Å². The van der Waals surface area contributed by atoms with E-state index in [1.165, 1.54) is 5.56 Å². The molecule has 0 saturated heterocycles. The maximum absolute atomic E-state index is 11.9. The van der Waals surface area contributed by atoms with E-state index in [1.54, 1.807) is 0 Å². The molecule has 0 fully saturated rings. The molecular formula is C17H20N2O. The molecule has 104 valence electrons. The van der Waals surface area contributed by atoms with Gasteiger partial charge in [-0.25, -0.2) is 0 Å². The first-order valence-corrected chi connectivity index (χ1v) is 6.90. The Bertz CT molecular complexity index is 559. The van der Waals surface area contributed by atoms with E-state index in [4.69, 9.17) is 5.73 Å². The molecule has 0 radical (unpaired) electrons. The first-order valence-electron chi connectivity index (χ1n) is 6.90. The maximum Gasteiger partial charge on any atom is 0.228 e. The third kappa shape index (κ3) is 4.12. The Morgan fingerprint density at radius 2 is 1.60 bits per heavy atom. The van der Waals surface area contributed by atoms with E-state index in [9.17, 15) is 4.79 Å². The van der Waals surface area contributed by atoms with Gasteiger partial charge in [-0.2, -0.15) is 0 Å². The molecule has 0 spiro atoms. The lowest BCUT2D eigenvalue weighted by Gasteiger charge is -2.07. The Morgan fingerprint density at radius 1 is 1.00 bits per heavy atom. The maximum atomic E-state index is 11.9. The van der Waals surface area contributed by atoms with Gasteiger partial charge in [0.15, 0.2) is 0 Å². The summed E-state index contributed by atoms with van der Waals surface area (Å²) in [6, 6.07) is 15.4. The summed E-state index contributed by atoms with van der Waals surface area (Å²) in [6.45, 7) is 2.16. The van der Waals surface area contributed by atoms with Crippen molar-refractivity contribution in [3.63, 3.8) is 0 Å². The van der Waals surface area contributed by atoms with Crippen molar-refractivity contribution in [1.29, 1.82) is 0 Å². The second kappa shape index (κ2) is 6.75. The van der Waals surface area contributed by atoms with Crippen molar-refractivity contribution < 1.29 is 4.79 Å². The molecule has 0 aliphatic rings. The molecule has 0 atom stereocenters. The van der Waals surface area contributed by atoms with Gasteiger partial charge in [0.25, 0.3) is 0 Å². The van der Waals surface area contributed by atoms with Crippen LogP contribution in [-0.2, 0) is 17.6 Å². The van der Waals surface area contributed by atoms with E-state index >= 15 is 0 Å². The highest BCUT2D eigenvalue weighted by atomic mass is 16.1. The van der Waals surface area contributed by atoms with E-state index < -0.39 is 0 Å². The average molecular weight is 268 g/mol. The zero-order valence-electron chi connectivity index (χ0n) is 11.7. The zero-order chi connectivity index (χ0) is 14.4. The number of anilines is 2. The van der Waals surface area contributed by atoms with Crippen LogP contribution in [0, 0.1) is 0 Å². The van der Waals surface area contributed by atoms with Crippen molar-refractivity contribution in [3.8, 4) is 0 Å². The number of nitrogen functional groups attached to an aromatic ring is 1. The standard InChI is InChI=1S/C17H20N2O/c1-2-3-13-6-10-16(11-7-13)19-17(20)12-14-4-8-15(18)9-5-14/h4-11H,2-3,12,18H2,1H3,(H,19,20). The minimum absolute atomic E-state index is 0.0157. The van der Waals surface area contributed by atoms with E-state index in [2.05, 4.69) is 24.4 Å². The molecule has 2 aromatic carbocycles. The van der Waals surface area contributed by atoms with Crippen LogP contribution in [0.4, 0.5) is 11.4 Å². The number of aryl methyl sites for hydroxylation is 1. The Morgan fingerprint density at radius 3 is 2.20 bits per heavy atom. The Hall–Kier alpha value is -2.29. The third-order valence-electron chi connectivity index (χ3n) is 3.12. The number of hydrogen-bond acceptors (Lipinski definition) is 2. The Kier molecular flexibility index (Phi) is 4.77. The van der Waals surface area contributed by atoms with Gasteiger partial charge in [0.05, 0.1) is 6.42 Å². The van der Waals surface area contributed by atoms with Crippen molar-refractivity contribution >= 4 is 17.3 Å². The Balaban J connectivity index is 1.92. The summed E-state index contributed by atoms with van der Waals surface area (Å²) in [7, 11) is 0. The fraction of sp³-hybridized carbons (Fsp3) is 0.235. The molecule has 2 rings (SSSR count). The van der Waals surface area contributed by atoms with E-state index in [0.717, 1.165) is 24.1 Å². The number of amides is 1. The van der Waals surface area contributed by atoms with E-state index in [-0.39, 0.29) is 5.91 Å². The van der Waals surface area contributed by atoms with Crippen molar-refractivity contribution in [2.45, 2.75) is 26.2 Å². The third-order valence-corrected chi connectivity index (χ3v) is 3.12. The van der Waals surface area contributed by atoms with Crippen LogP contribution in [0.25, 0.3) is 0 Å². The lowest BCUT2D eigenvalue weighted by atomic mass is 10.1. The minimum Gasteiger partial charge on any atom is -0.399 e. The molecule has 20 heavy (non-hydrogen) atoms. The molecule has 0 aliphatic heterocycles. The van der Waals surface area contributed by atoms with Gasteiger partial charge in [0.1, 0.15) is 0 Å². The van der Waals surface area contributed by atoms with Crippen LogP contribution in [0.2, 0.25) is 0 Å². The van der Waals surface area contributed by atoms with E-state index in [0.29, 0.717) is 12.1 Å². The molecule has 0 saturated carbocycles. The first-order chi connectivity index (χ1) is 9.67. The molecule has 0 bridgehead atoms. The van der Waals surface area contributed by atoms with Crippen LogP contribution in [0.1, 0.15) is 24.5 Å². The van der Waals surface area contributed by atoms with Crippen molar-refractivity contribution in [2.24, 2.45) is 0 Å². The monoisotopic (exact) mass is 268 g/mol. The molecule has 3 nitrogen and oxygen atoms in total. The number of nitrogens with two attached hydrogens (primary N) is 1. The molecular weight excluding hydrogens is 248 g/mol. The summed E-state index contributed by atoms with van der Waals surface area (Å²) in [6.07, 6.45) is 2.56. The van der Waals surface area contributed by atoms with Gasteiger partial charge >= 0.3 is 0 Å². The highest BCUT2D eigenvalue weighted by Gasteiger charge is 2.04. The molecule has 0 aromatic heterocycles. The highest BCUT2D eigenvalue weighted by molar-refractivity contribution is 5.92. The number of carbonyl (C=O) groups is 1. The first kappa shape index (κ1) is 14.1. The van der Waals surface area contributed by atoms with Gasteiger partial charge in [-0.15, -0.1) is 0 Å². The molecule has 2 aromatic rings. The molecule has 0 unspecified atom stereocenters. The van der Waals surface area contributed by atoms with Gasteiger partial charge in [0.2, 0.25) is 5.91 Å². The van der Waals surface area contributed by atoms with Gasteiger partial charge < -0.3 is 11.1 Å². The normalized spacial score (nSPS) is 10.2. The average Bonchev–Trinajstić information content (AvgIpc) is 2.44. The van der Waals surface area contributed by atoms with Gasteiger partial charge in [-0.1, -0.05) is 37.6 Å². The number of nitrogens with one attached hydrogen (secondary N) is 1. The highest BCUT2D eigenvalue weighted by Crippen LogP contribution is 2.12. The topological polar surface area (TPSA) is 55.1 Å². The smallest absolute Gasteiger partial charge is 0.228 e. The number of benzene rings is 2. The van der Waals surface area contributed by atoms with Crippen LogP contribution in [-0.4, -0.2) is 5.91 Å². The molecule has 0 heterocycles. The second-order valence-electron chi connectivity index (χ2n) is 4.91. The van der Waals surface area contributed by atoms with Gasteiger partial charge in [0, 0.05) is 11.4 Å². The van der Waals surface area contributed by atoms with Crippen LogP contribution >= 0.6 is 0 Å². The minimum atomic E-state index is -0.0157. The molecule has 0 aliphatic carbocycles. The Labute approximate surface area is 119 Å². The fourth-order valence-corrected chi connectivity index (χ4v) is 2.07. The van der Waals surface area contributed by atoms with Gasteiger partial charge in [-0.3, -0.25) is 4.79 Å². The largest absolute Gasteiger partial charge is 0.399 e. The summed E-state index contributed by atoms with van der Waals surface area (Å²) in [5.74, 6) is -0.0157. The number of hydrogen-bond donors (Lipinski definition) is 2. The van der Waals surface area contributed by atoms with Gasteiger partial charge in [-0.05, 0) is 41.8 Å². The lowest BCUT2D eigenvalue weighted by Crippen LogP contribution is -2.14. The summed E-state index contributed by atoms with van der Waals surface area (Å²) in [4.78, 5) is 11.9. The summed E-state index contributed by atoms with van der Waals surface area (Å²) in [5, 5.41) is 2.90. The van der Waals surface area contributed by atoms with E-state index in [1.807, 2.05) is 36.4 Å². The summed E-state index contributed by atoms with van der Waals surface area (Å²) in [5.41, 5.74) is 9.42. The summed E-state index contributed by atoms with van der Waals surface area (Å²) < 4.78 is 0. The molecule has 3 N–H and O–H groups in total. The van der Waals surface area contributed by atoms with Crippen molar-refractivity contribution in [1.82, 2.24) is 0 Å². The van der Waals surface area contributed by atoms with Crippen LogP contribution in [0.3, 0.4) is 0 Å². The van der Waals surface area contributed by atoms with Crippen molar-refractivity contribution in [3.05, 3.63) is 59.7 Å². The van der Waals surface area contributed by atoms with Crippen LogP contribution in [0.5, 0.6) is 0 Å². The van der Waals surface area contributed by atoms with Crippen LogP contribution in [0.15, 0.2) is 48.5 Å². The fourth-order valence-electron chi connectivity index (χ4n) is 2.07. The van der Waals surface area contributed by atoms with Crippen LogP contribution < -0.4 is 11.1 Å².